The van der Waals surface area contributed by atoms with Crippen LogP contribution in [0.2, 0.25) is 0 Å². The van der Waals surface area contributed by atoms with Crippen LogP contribution in [0.4, 0.5) is 5.69 Å². The third-order valence-electron chi connectivity index (χ3n) is 5.13. The number of rotatable bonds is 3. The van der Waals surface area contributed by atoms with Crippen molar-refractivity contribution in [1.82, 2.24) is 0 Å². The first kappa shape index (κ1) is 16.0. The van der Waals surface area contributed by atoms with Crippen LogP contribution in [0.15, 0.2) is 48.5 Å². The fourth-order valence-corrected chi connectivity index (χ4v) is 3.93. The molecule has 25 heavy (non-hydrogen) atoms. The number of carbonyl (C=O) groups excluding carboxylic acids is 1. The van der Waals surface area contributed by atoms with E-state index in [2.05, 4.69) is 17.4 Å². The fourth-order valence-electron chi connectivity index (χ4n) is 3.93. The van der Waals surface area contributed by atoms with Gasteiger partial charge in [0.05, 0.1) is 5.41 Å². The van der Waals surface area contributed by atoms with Gasteiger partial charge in [-0.05, 0) is 30.5 Å². The lowest BCUT2D eigenvalue weighted by molar-refractivity contribution is -0.121. The lowest BCUT2D eigenvalue weighted by atomic mass is 9.78. The zero-order valence-electron chi connectivity index (χ0n) is 14.7. The minimum absolute atomic E-state index is 0.0642. The Hall–Kier alpha value is -2.49. The van der Waals surface area contributed by atoms with Crippen molar-refractivity contribution in [3.8, 4) is 11.5 Å². The van der Waals surface area contributed by atoms with Gasteiger partial charge in [0.1, 0.15) is 0 Å². The molecule has 1 saturated carbocycles. The molecule has 0 bridgehead atoms. The molecule has 1 aliphatic heterocycles. The maximum atomic E-state index is 13.2. The number of carbonyl (C=O) groups is 1. The fraction of sp³-hybridized carbons (Fsp3) is 0.381. The summed E-state index contributed by atoms with van der Waals surface area (Å²) >= 11 is 0. The quantitative estimate of drug-likeness (QED) is 0.887. The highest BCUT2D eigenvalue weighted by Gasteiger charge is 2.42. The van der Waals surface area contributed by atoms with E-state index in [1.165, 1.54) is 0 Å². The first-order chi connectivity index (χ1) is 12.0. The SMILES string of the molecule is CC1(C)Oc2ccc(NC(=O)C3(c4ccccc4)CCCC3)cc2O1. The summed E-state index contributed by atoms with van der Waals surface area (Å²) in [5, 5.41) is 3.11. The topological polar surface area (TPSA) is 47.6 Å². The Kier molecular flexibility index (Phi) is 3.71. The minimum atomic E-state index is -0.665. The second-order valence-electron chi connectivity index (χ2n) is 7.37. The molecule has 0 unspecified atom stereocenters. The zero-order chi connectivity index (χ0) is 17.5. The predicted octanol–water partition coefficient (Wildman–Crippen LogP) is 4.64. The molecule has 2 aromatic carbocycles. The van der Waals surface area contributed by atoms with Crippen molar-refractivity contribution in [3.05, 3.63) is 54.1 Å². The second-order valence-corrected chi connectivity index (χ2v) is 7.37. The number of fused-ring (bicyclic) bond motifs is 1. The van der Waals surface area contributed by atoms with Crippen LogP contribution >= 0.6 is 0 Å². The summed E-state index contributed by atoms with van der Waals surface area (Å²) < 4.78 is 11.5. The van der Waals surface area contributed by atoms with Crippen LogP contribution in [0.1, 0.15) is 45.1 Å². The molecule has 0 radical (unpaired) electrons. The number of hydrogen-bond donors (Lipinski definition) is 1. The van der Waals surface area contributed by atoms with Crippen molar-refractivity contribution in [2.75, 3.05) is 5.32 Å². The molecule has 4 heteroatoms. The standard InChI is InChI=1S/C21H23NO3/c1-20(2)24-17-11-10-16(14-18(17)25-20)22-19(23)21(12-6-7-13-21)15-8-4-3-5-9-15/h3-5,8-11,14H,6-7,12-13H2,1-2H3,(H,22,23). The lowest BCUT2D eigenvalue weighted by Crippen LogP contribution is -2.37. The molecule has 0 spiro atoms. The molecule has 2 aliphatic rings. The maximum Gasteiger partial charge on any atom is 0.246 e. The van der Waals surface area contributed by atoms with Crippen molar-refractivity contribution >= 4 is 11.6 Å². The number of ether oxygens (including phenoxy) is 2. The highest BCUT2D eigenvalue weighted by molar-refractivity contribution is 5.99. The van der Waals surface area contributed by atoms with Crippen LogP contribution in [0.3, 0.4) is 0 Å². The molecular weight excluding hydrogens is 314 g/mol. The number of anilines is 1. The Morgan fingerprint density at radius 2 is 1.64 bits per heavy atom. The average Bonchev–Trinajstić information content (AvgIpc) is 3.19. The Morgan fingerprint density at radius 1 is 0.960 bits per heavy atom. The van der Waals surface area contributed by atoms with E-state index in [0.717, 1.165) is 36.9 Å². The Balaban J connectivity index is 1.59. The number of benzene rings is 2. The van der Waals surface area contributed by atoms with E-state index in [9.17, 15) is 4.79 Å². The van der Waals surface area contributed by atoms with E-state index in [-0.39, 0.29) is 5.91 Å². The number of nitrogens with one attached hydrogen (secondary N) is 1. The summed E-state index contributed by atoms with van der Waals surface area (Å²) in [4.78, 5) is 13.2. The van der Waals surface area contributed by atoms with Crippen molar-refractivity contribution in [2.45, 2.75) is 50.7 Å². The summed E-state index contributed by atoms with van der Waals surface area (Å²) in [7, 11) is 0. The van der Waals surface area contributed by atoms with E-state index >= 15 is 0 Å². The molecule has 130 valence electrons. The molecule has 4 nitrogen and oxygen atoms in total. The largest absolute Gasteiger partial charge is 0.449 e. The third-order valence-corrected chi connectivity index (χ3v) is 5.13. The molecule has 0 saturated heterocycles. The van der Waals surface area contributed by atoms with Crippen LogP contribution in [-0.2, 0) is 10.2 Å². The molecule has 4 rings (SSSR count). The van der Waals surface area contributed by atoms with Gasteiger partial charge < -0.3 is 14.8 Å². The first-order valence-electron chi connectivity index (χ1n) is 8.88. The van der Waals surface area contributed by atoms with Crippen molar-refractivity contribution < 1.29 is 14.3 Å². The summed E-state index contributed by atoms with van der Waals surface area (Å²) in [6.07, 6.45) is 3.94. The second kappa shape index (κ2) is 5.80. The van der Waals surface area contributed by atoms with Gasteiger partial charge in [-0.15, -0.1) is 0 Å². The predicted molar refractivity (Wildman–Crippen MR) is 97.0 cm³/mol. The van der Waals surface area contributed by atoms with Crippen LogP contribution in [0.5, 0.6) is 11.5 Å². The molecule has 1 amide bonds. The molecule has 1 N–H and O–H groups in total. The Labute approximate surface area is 148 Å². The van der Waals surface area contributed by atoms with E-state index in [1.54, 1.807) is 0 Å². The summed E-state index contributed by atoms with van der Waals surface area (Å²) in [6, 6.07) is 15.7. The average molecular weight is 337 g/mol. The van der Waals surface area contributed by atoms with Gasteiger partial charge in [0, 0.05) is 25.6 Å². The highest BCUT2D eigenvalue weighted by Crippen LogP contribution is 2.43. The molecule has 1 fully saturated rings. The molecule has 1 heterocycles. The van der Waals surface area contributed by atoms with Crippen molar-refractivity contribution in [1.29, 1.82) is 0 Å². The zero-order valence-corrected chi connectivity index (χ0v) is 14.7. The third kappa shape index (κ3) is 2.86. The van der Waals surface area contributed by atoms with Gasteiger partial charge in [-0.1, -0.05) is 43.2 Å². The van der Waals surface area contributed by atoms with E-state index in [4.69, 9.17) is 9.47 Å². The monoisotopic (exact) mass is 337 g/mol. The van der Waals surface area contributed by atoms with Gasteiger partial charge in [0.2, 0.25) is 11.7 Å². The smallest absolute Gasteiger partial charge is 0.246 e. The summed E-state index contributed by atoms with van der Waals surface area (Å²) in [5.74, 6) is 0.778. The summed E-state index contributed by atoms with van der Waals surface area (Å²) in [5.41, 5.74) is 1.41. The number of hydrogen-bond acceptors (Lipinski definition) is 3. The molecule has 0 atom stereocenters. The Morgan fingerprint density at radius 3 is 2.36 bits per heavy atom. The van der Waals surface area contributed by atoms with Gasteiger partial charge in [-0.3, -0.25) is 4.79 Å². The number of amides is 1. The van der Waals surface area contributed by atoms with E-state index < -0.39 is 11.2 Å². The van der Waals surface area contributed by atoms with Gasteiger partial charge in [0.25, 0.3) is 0 Å². The van der Waals surface area contributed by atoms with Crippen LogP contribution in [0.25, 0.3) is 0 Å². The van der Waals surface area contributed by atoms with Crippen molar-refractivity contribution in [3.63, 3.8) is 0 Å². The Bertz CT molecular complexity index is 792. The molecular formula is C21H23NO3. The molecule has 2 aromatic rings. The van der Waals surface area contributed by atoms with Crippen LogP contribution in [-0.4, -0.2) is 11.7 Å². The van der Waals surface area contributed by atoms with Crippen LogP contribution < -0.4 is 14.8 Å². The van der Waals surface area contributed by atoms with Crippen molar-refractivity contribution in [2.24, 2.45) is 0 Å². The van der Waals surface area contributed by atoms with Gasteiger partial charge in [0.15, 0.2) is 11.5 Å². The maximum absolute atomic E-state index is 13.2. The molecule has 0 aromatic heterocycles. The first-order valence-corrected chi connectivity index (χ1v) is 8.88. The highest BCUT2D eigenvalue weighted by atomic mass is 16.7. The normalized spacial score (nSPS) is 19.6. The molecule has 1 aliphatic carbocycles. The van der Waals surface area contributed by atoms with Gasteiger partial charge >= 0.3 is 0 Å². The van der Waals surface area contributed by atoms with E-state index in [1.807, 2.05) is 50.2 Å². The summed E-state index contributed by atoms with van der Waals surface area (Å²) in [6.45, 7) is 3.74. The van der Waals surface area contributed by atoms with Gasteiger partial charge in [-0.2, -0.15) is 0 Å². The van der Waals surface area contributed by atoms with E-state index in [0.29, 0.717) is 11.5 Å². The lowest BCUT2D eigenvalue weighted by Gasteiger charge is -2.28. The van der Waals surface area contributed by atoms with Gasteiger partial charge in [-0.25, -0.2) is 0 Å². The van der Waals surface area contributed by atoms with Crippen LogP contribution in [0, 0.1) is 0 Å². The minimum Gasteiger partial charge on any atom is -0.449 e.